The molecule has 45 heavy (non-hydrogen) atoms. The highest BCUT2D eigenvalue weighted by Crippen LogP contribution is 2.08. The molecular formula is C30H56O15. The minimum Gasteiger partial charge on any atom is -0.481 e. The van der Waals surface area contributed by atoms with Gasteiger partial charge in [0.05, 0.1) is 13.2 Å². The second kappa shape index (κ2) is 38.7. The molecule has 0 amide bonds. The van der Waals surface area contributed by atoms with Crippen LogP contribution < -0.4 is 0 Å². The van der Waals surface area contributed by atoms with Crippen LogP contribution in [0.2, 0.25) is 0 Å². The minimum absolute atomic E-state index is 0.221. The van der Waals surface area contributed by atoms with Gasteiger partial charge in [-0.3, -0.25) is 28.8 Å². The third-order valence-electron chi connectivity index (χ3n) is 5.77. The van der Waals surface area contributed by atoms with Gasteiger partial charge in [0.1, 0.15) is 6.10 Å². The van der Waals surface area contributed by atoms with Crippen molar-refractivity contribution >= 4 is 35.8 Å². The molecule has 0 aliphatic rings. The molecule has 0 atom stereocenters. The second-order valence-corrected chi connectivity index (χ2v) is 10.2. The summed E-state index contributed by atoms with van der Waals surface area (Å²) in [6.45, 7) is -0.729. The largest absolute Gasteiger partial charge is 0.481 e. The molecule has 0 aromatic rings. The smallest absolute Gasteiger partial charge is 0.303 e. The van der Waals surface area contributed by atoms with Crippen LogP contribution in [0.15, 0.2) is 0 Å². The van der Waals surface area contributed by atoms with Gasteiger partial charge in [0.25, 0.3) is 0 Å². The molecule has 15 nitrogen and oxygen atoms in total. The van der Waals surface area contributed by atoms with Crippen LogP contribution in [0.25, 0.3) is 0 Å². The van der Waals surface area contributed by atoms with Crippen LogP contribution in [0, 0.1) is 0 Å². The Morgan fingerprint density at radius 1 is 0.311 bits per heavy atom. The van der Waals surface area contributed by atoms with Crippen molar-refractivity contribution in [3.63, 3.8) is 0 Å². The van der Waals surface area contributed by atoms with Gasteiger partial charge >= 0.3 is 35.8 Å². The van der Waals surface area contributed by atoms with Crippen molar-refractivity contribution in [2.24, 2.45) is 0 Å². The van der Waals surface area contributed by atoms with E-state index in [-0.39, 0.29) is 51.7 Å². The van der Waals surface area contributed by atoms with E-state index >= 15 is 0 Å². The quantitative estimate of drug-likeness (QED) is 0.0595. The summed E-state index contributed by atoms with van der Waals surface area (Å²) >= 11 is 0. The van der Waals surface area contributed by atoms with E-state index in [0.717, 1.165) is 57.8 Å². The summed E-state index contributed by atoms with van der Waals surface area (Å²) in [6.07, 6.45) is 12.6. The van der Waals surface area contributed by atoms with Crippen molar-refractivity contribution in [2.75, 3.05) is 13.2 Å². The maximum Gasteiger partial charge on any atom is 0.303 e. The topological polar surface area (TPSA) is 284 Å². The van der Waals surface area contributed by atoms with Gasteiger partial charge in [0.2, 0.25) is 0 Å². The lowest BCUT2D eigenvalue weighted by Gasteiger charge is -1.97. The van der Waals surface area contributed by atoms with E-state index in [1.807, 2.05) is 0 Å². The van der Waals surface area contributed by atoms with Crippen molar-refractivity contribution in [2.45, 2.75) is 141 Å². The standard InChI is InChI=1S/3C9H16O4.C3H8O3/c3*10-8(11)6-4-2-1-3-5-7-9(12)13;4-1-3(6)2-5/h3*1-7H2,(H,10,11)(H,12,13);3-6H,1-2H2. The Hall–Kier alpha value is -3.30. The number of aliphatic carboxylic acids is 6. The molecule has 0 bridgehead atoms. The van der Waals surface area contributed by atoms with Gasteiger partial charge in [-0.25, -0.2) is 0 Å². The molecule has 9 N–H and O–H groups in total. The molecule has 0 aromatic heterocycles. The summed E-state index contributed by atoms with van der Waals surface area (Å²) in [5.41, 5.74) is 0. The first kappa shape index (κ1) is 48.6. The lowest BCUT2D eigenvalue weighted by atomic mass is 10.1. The first-order chi connectivity index (χ1) is 21.2. The molecule has 0 radical (unpaired) electrons. The summed E-state index contributed by atoms with van der Waals surface area (Å²) < 4.78 is 0. The number of unbranched alkanes of at least 4 members (excludes halogenated alkanes) is 12. The molecule has 0 aliphatic carbocycles. The van der Waals surface area contributed by atoms with Crippen LogP contribution in [0.5, 0.6) is 0 Å². The van der Waals surface area contributed by atoms with Gasteiger partial charge in [-0.15, -0.1) is 0 Å². The monoisotopic (exact) mass is 656 g/mol. The van der Waals surface area contributed by atoms with Crippen molar-refractivity contribution in [3.8, 4) is 0 Å². The Bertz CT molecular complexity index is 607. The van der Waals surface area contributed by atoms with Gasteiger partial charge < -0.3 is 46.0 Å². The van der Waals surface area contributed by atoms with Gasteiger partial charge in [0, 0.05) is 38.5 Å². The highest BCUT2D eigenvalue weighted by Gasteiger charge is 2.00. The predicted molar refractivity (Wildman–Crippen MR) is 163 cm³/mol. The van der Waals surface area contributed by atoms with E-state index in [9.17, 15) is 28.8 Å². The van der Waals surface area contributed by atoms with E-state index in [0.29, 0.717) is 38.5 Å². The SMILES string of the molecule is O=C(O)CCCCCCCC(=O)O.O=C(O)CCCCCCCC(=O)O.O=C(O)CCCCCCCC(=O)O.OCC(O)CO. The van der Waals surface area contributed by atoms with E-state index in [4.69, 9.17) is 46.0 Å². The molecule has 0 unspecified atom stereocenters. The molecule has 0 heterocycles. The fourth-order valence-electron chi connectivity index (χ4n) is 3.31. The number of carbonyl (C=O) groups is 6. The number of hydrogen-bond donors (Lipinski definition) is 9. The fourth-order valence-corrected chi connectivity index (χ4v) is 3.31. The van der Waals surface area contributed by atoms with Crippen molar-refractivity contribution < 1.29 is 74.7 Å². The highest BCUT2D eigenvalue weighted by molar-refractivity contribution is 5.68. The van der Waals surface area contributed by atoms with Gasteiger partial charge in [-0.2, -0.15) is 0 Å². The first-order valence-corrected chi connectivity index (χ1v) is 15.4. The maximum atomic E-state index is 10.1. The molecule has 0 spiro atoms. The van der Waals surface area contributed by atoms with Crippen LogP contribution in [-0.4, -0.2) is 101 Å². The Kier molecular flexibility index (Phi) is 41.8. The van der Waals surface area contributed by atoms with E-state index in [1.54, 1.807) is 0 Å². The molecule has 0 fully saturated rings. The molecule has 0 saturated carbocycles. The second-order valence-electron chi connectivity index (χ2n) is 10.2. The van der Waals surface area contributed by atoms with Crippen LogP contribution in [-0.2, 0) is 28.8 Å². The van der Waals surface area contributed by atoms with Crippen molar-refractivity contribution in [3.05, 3.63) is 0 Å². The third kappa shape index (κ3) is 64.7. The Morgan fingerprint density at radius 2 is 0.444 bits per heavy atom. The zero-order valence-electron chi connectivity index (χ0n) is 26.3. The van der Waals surface area contributed by atoms with E-state index in [1.165, 1.54) is 0 Å². The minimum atomic E-state index is -0.954. The number of carboxylic acids is 6. The summed E-state index contributed by atoms with van der Waals surface area (Å²) in [5.74, 6) is -4.55. The zero-order valence-corrected chi connectivity index (χ0v) is 26.3. The normalized spacial score (nSPS) is 9.87. The molecular weight excluding hydrogens is 600 g/mol. The van der Waals surface area contributed by atoms with Crippen LogP contribution >= 0.6 is 0 Å². The number of aliphatic hydroxyl groups excluding tert-OH is 3. The van der Waals surface area contributed by atoms with Crippen molar-refractivity contribution in [1.82, 2.24) is 0 Å². The average Bonchev–Trinajstić information content (AvgIpc) is 2.95. The lowest BCUT2D eigenvalue weighted by Crippen LogP contribution is -2.15. The number of aliphatic hydroxyl groups is 3. The van der Waals surface area contributed by atoms with E-state index in [2.05, 4.69) is 0 Å². The molecule has 0 aliphatic heterocycles. The van der Waals surface area contributed by atoms with Gasteiger partial charge in [-0.1, -0.05) is 57.8 Å². The average molecular weight is 657 g/mol. The number of hydrogen-bond acceptors (Lipinski definition) is 9. The predicted octanol–water partition coefficient (Wildman–Crippen LogP) is 3.99. The molecule has 0 rings (SSSR count). The van der Waals surface area contributed by atoms with Crippen molar-refractivity contribution in [1.29, 1.82) is 0 Å². The fraction of sp³-hybridized carbons (Fsp3) is 0.800. The molecule has 15 heteroatoms. The summed E-state index contributed by atoms with van der Waals surface area (Å²) in [7, 11) is 0. The molecule has 0 aromatic carbocycles. The number of rotatable bonds is 26. The summed E-state index contributed by atoms with van der Waals surface area (Å²) in [6, 6.07) is 0. The van der Waals surface area contributed by atoms with Crippen LogP contribution in [0.4, 0.5) is 0 Å². The summed E-state index contributed by atoms with van der Waals surface area (Å²) in [4.78, 5) is 60.6. The molecule has 266 valence electrons. The van der Waals surface area contributed by atoms with Crippen LogP contribution in [0.1, 0.15) is 135 Å². The Morgan fingerprint density at radius 3 is 0.533 bits per heavy atom. The maximum absolute atomic E-state index is 10.1. The van der Waals surface area contributed by atoms with Crippen LogP contribution in [0.3, 0.4) is 0 Å². The third-order valence-corrected chi connectivity index (χ3v) is 5.77. The highest BCUT2D eigenvalue weighted by atomic mass is 16.4. The Labute approximate surface area is 264 Å². The first-order valence-electron chi connectivity index (χ1n) is 15.4. The zero-order chi connectivity index (χ0) is 35.3. The molecule has 0 saturated heterocycles. The summed E-state index contributed by atoms with van der Waals surface area (Å²) in [5, 5.41) is 73.9. The Balaban J connectivity index is -0.000000257. The van der Waals surface area contributed by atoms with E-state index < -0.39 is 41.9 Å². The number of carboxylic acid groups (broad SMARTS) is 6. The van der Waals surface area contributed by atoms with Gasteiger partial charge in [-0.05, 0) is 38.5 Å². The van der Waals surface area contributed by atoms with Gasteiger partial charge in [0.15, 0.2) is 0 Å². The lowest BCUT2D eigenvalue weighted by molar-refractivity contribution is -0.138.